The standard InChI is InChI=1S/C12H14BrClS/c1-12(2)6-8(5-9(14)7-12)11-10(13)3-4-15-11/h3-5,9H,6-7H2,1-2H3. The van der Waals surface area contributed by atoms with Crippen molar-refractivity contribution < 1.29 is 0 Å². The Morgan fingerprint density at radius 1 is 1.53 bits per heavy atom. The first-order valence-electron chi connectivity index (χ1n) is 5.06. The number of allylic oxidation sites excluding steroid dienone is 2. The van der Waals surface area contributed by atoms with Gasteiger partial charge in [0.2, 0.25) is 0 Å². The first-order valence-corrected chi connectivity index (χ1v) is 7.17. The van der Waals surface area contributed by atoms with Crippen molar-refractivity contribution in [3.63, 3.8) is 0 Å². The van der Waals surface area contributed by atoms with Crippen LogP contribution in [-0.4, -0.2) is 5.38 Å². The van der Waals surface area contributed by atoms with E-state index in [1.807, 2.05) is 0 Å². The molecule has 1 aromatic rings. The Kier molecular flexibility index (Phi) is 3.30. The number of halogens is 2. The lowest BCUT2D eigenvalue weighted by Crippen LogP contribution is -2.21. The molecule has 1 atom stereocenters. The summed E-state index contributed by atoms with van der Waals surface area (Å²) in [4.78, 5) is 1.34. The summed E-state index contributed by atoms with van der Waals surface area (Å²) in [5.74, 6) is 0. The highest BCUT2D eigenvalue weighted by Gasteiger charge is 2.29. The number of hydrogen-bond acceptors (Lipinski definition) is 1. The average molecular weight is 306 g/mol. The number of alkyl halides is 1. The van der Waals surface area contributed by atoms with E-state index in [2.05, 4.69) is 47.3 Å². The highest BCUT2D eigenvalue weighted by molar-refractivity contribution is 9.10. The molecule has 1 aromatic heterocycles. The summed E-state index contributed by atoms with van der Waals surface area (Å²) in [6.07, 6.45) is 4.40. The molecular formula is C12H14BrClS. The molecule has 1 aliphatic carbocycles. The molecule has 0 saturated heterocycles. The van der Waals surface area contributed by atoms with E-state index in [0.717, 1.165) is 12.8 Å². The molecule has 0 aromatic carbocycles. The maximum Gasteiger partial charge on any atom is 0.0527 e. The lowest BCUT2D eigenvalue weighted by molar-refractivity contribution is 0.341. The van der Waals surface area contributed by atoms with Crippen molar-refractivity contribution in [2.24, 2.45) is 5.41 Å². The minimum absolute atomic E-state index is 0.178. The van der Waals surface area contributed by atoms with Crippen molar-refractivity contribution in [3.8, 4) is 0 Å². The van der Waals surface area contributed by atoms with Crippen LogP contribution in [0.15, 0.2) is 22.0 Å². The Morgan fingerprint density at radius 3 is 2.80 bits per heavy atom. The van der Waals surface area contributed by atoms with Crippen LogP contribution >= 0.6 is 38.9 Å². The van der Waals surface area contributed by atoms with Gasteiger partial charge in [0.25, 0.3) is 0 Å². The third-order valence-electron chi connectivity index (χ3n) is 2.71. The van der Waals surface area contributed by atoms with Crippen LogP contribution in [0.5, 0.6) is 0 Å². The van der Waals surface area contributed by atoms with Gasteiger partial charge in [0.05, 0.1) is 5.38 Å². The molecule has 2 rings (SSSR count). The van der Waals surface area contributed by atoms with Crippen LogP contribution in [0.1, 0.15) is 31.6 Å². The van der Waals surface area contributed by atoms with Gasteiger partial charge in [-0.25, -0.2) is 0 Å². The predicted molar refractivity (Wildman–Crippen MR) is 72.7 cm³/mol. The molecule has 0 N–H and O–H groups in total. The fourth-order valence-corrected chi connectivity index (χ4v) is 4.35. The molecule has 0 bridgehead atoms. The van der Waals surface area contributed by atoms with Crippen molar-refractivity contribution in [2.45, 2.75) is 32.1 Å². The summed E-state index contributed by atoms with van der Waals surface area (Å²) in [7, 11) is 0. The van der Waals surface area contributed by atoms with Gasteiger partial charge in [-0.3, -0.25) is 0 Å². The van der Waals surface area contributed by atoms with Gasteiger partial charge >= 0.3 is 0 Å². The summed E-state index contributed by atoms with van der Waals surface area (Å²) in [6, 6.07) is 2.10. The number of rotatable bonds is 1. The van der Waals surface area contributed by atoms with Crippen molar-refractivity contribution in [1.82, 2.24) is 0 Å². The predicted octanol–water partition coefficient (Wildman–Crippen LogP) is 5.32. The van der Waals surface area contributed by atoms with E-state index in [9.17, 15) is 0 Å². The maximum atomic E-state index is 6.28. The molecule has 0 fully saturated rings. The maximum absolute atomic E-state index is 6.28. The summed E-state index contributed by atoms with van der Waals surface area (Å²) in [5, 5.41) is 2.29. The molecule has 0 radical (unpaired) electrons. The summed E-state index contributed by atoms with van der Waals surface area (Å²) >= 11 is 11.6. The molecule has 3 heteroatoms. The van der Waals surface area contributed by atoms with Crippen molar-refractivity contribution in [1.29, 1.82) is 0 Å². The molecular weight excluding hydrogens is 292 g/mol. The molecule has 0 amide bonds. The minimum Gasteiger partial charge on any atom is -0.143 e. The van der Waals surface area contributed by atoms with Gasteiger partial charge in [-0.05, 0) is 51.2 Å². The lowest BCUT2D eigenvalue weighted by Gasteiger charge is -2.32. The Morgan fingerprint density at radius 2 is 2.27 bits per heavy atom. The van der Waals surface area contributed by atoms with Crippen molar-refractivity contribution in [2.75, 3.05) is 0 Å². The monoisotopic (exact) mass is 304 g/mol. The fourth-order valence-electron chi connectivity index (χ4n) is 2.13. The quantitative estimate of drug-likeness (QED) is 0.616. The average Bonchev–Trinajstić information content (AvgIpc) is 2.47. The van der Waals surface area contributed by atoms with Crippen LogP contribution in [0, 0.1) is 5.41 Å². The highest BCUT2D eigenvalue weighted by Crippen LogP contribution is 2.44. The van der Waals surface area contributed by atoms with E-state index in [-0.39, 0.29) is 5.38 Å². The third kappa shape index (κ3) is 2.66. The van der Waals surface area contributed by atoms with Crippen molar-refractivity contribution in [3.05, 3.63) is 26.9 Å². The Bertz CT molecular complexity index is 392. The topological polar surface area (TPSA) is 0 Å². The van der Waals surface area contributed by atoms with E-state index >= 15 is 0 Å². The second-order valence-electron chi connectivity index (χ2n) is 4.85. The zero-order valence-electron chi connectivity index (χ0n) is 8.89. The van der Waals surface area contributed by atoms with Crippen LogP contribution in [0.3, 0.4) is 0 Å². The van der Waals surface area contributed by atoms with Gasteiger partial charge in [0.1, 0.15) is 0 Å². The Labute approximate surface area is 108 Å². The van der Waals surface area contributed by atoms with Crippen LogP contribution in [0.2, 0.25) is 0 Å². The molecule has 82 valence electrons. The van der Waals surface area contributed by atoms with E-state index in [1.165, 1.54) is 14.9 Å². The lowest BCUT2D eigenvalue weighted by atomic mass is 9.77. The van der Waals surface area contributed by atoms with Gasteiger partial charge in [-0.1, -0.05) is 19.9 Å². The first-order chi connectivity index (χ1) is 6.98. The van der Waals surface area contributed by atoms with Crippen LogP contribution in [-0.2, 0) is 0 Å². The van der Waals surface area contributed by atoms with Gasteiger partial charge in [-0.2, -0.15) is 0 Å². The van der Waals surface area contributed by atoms with Crippen LogP contribution in [0.4, 0.5) is 0 Å². The van der Waals surface area contributed by atoms with Gasteiger partial charge in [-0.15, -0.1) is 22.9 Å². The molecule has 1 aliphatic rings. The van der Waals surface area contributed by atoms with Crippen LogP contribution in [0.25, 0.3) is 5.57 Å². The molecule has 15 heavy (non-hydrogen) atoms. The second-order valence-corrected chi connectivity index (χ2v) is 7.18. The van der Waals surface area contributed by atoms with Gasteiger partial charge < -0.3 is 0 Å². The molecule has 0 aliphatic heterocycles. The Hall–Kier alpha value is 0.210. The summed E-state index contributed by atoms with van der Waals surface area (Å²) in [6.45, 7) is 4.58. The third-order valence-corrected chi connectivity index (χ3v) is 4.90. The van der Waals surface area contributed by atoms with E-state index in [0.29, 0.717) is 5.41 Å². The zero-order chi connectivity index (χ0) is 11.1. The van der Waals surface area contributed by atoms with E-state index in [4.69, 9.17) is 11.6 Å². The largest absolute Gasteiger partial charge is 0.143 e. The second kappa shape index (κ2) is 4.23. The molecule has 1 heterocycles. The normalized spacial score (nSPS) is 25.1. The molecule has 0 saturated carbocycles. The minimum atomic E-state index is 0.178. The van der Waals surface area contributed by atoms with Gasteiger partial charge in [0.15, 0.2) is 0 Å². The van der Waals surface area contributed by atoms with E-state index in [1.54, 1.807) is 11.3 Å². The smallest absolute Gasteiger partial charge is 0.0527 e. The highest BCUT2D eigenvalue weighted by atomic mass is 79.9. The zero-order valence-corrected chi connectivity index (χ0v) is 12.0. The summed E-state index contributed by atoms with van der Waals surface area (Å²) < 4.78 is 1.19. The SMILES string of the molecule is CC1(C)CC(c2sccc2Br)=CC(Cl)C1. The van der Waals surface area contributed by atoms with Crippen molar-refractivity contribution >= 4 is 44.4 Å². The van der Waals surface area contributed by atoms with Crippen LogP contribution < -0.4 is 0 Å². The number of hydrogen-bond donors (Lipinski definition) is 0. The molecule has 0 spiro atoms. The molecule has 1 unspecified atom stereocenters. The van der Waals surface area contributed by atoms with E-state index < -0.39 is 0 Å². The Balaban J connectivity index is 2.34. The first kappa shape index (κ1) is 11.7. The molecule has 0 nitrogen and oxygen atoms in total. The fraction of sp³-hybridized carbons (Fsp3) is 0.500. The number of thiophene rings is 1. The van der Waals surface area contributed by atoms with Gasteiger partial charge in [0, 0.05) is 9.35 Å². The summed E-state index contributed by atoms with van der Waals surface area (Å²) in [5.41, 5.74) is 1.72.